The van der Waals surface area contributed by atoms with Crippen LogP contribution in [0.25, 0.3) is 15.5 Å². The van der Waals surface area contributed by atoms with Crippen LogP contribution in [0.3, 0.4) is 0 Å². The van der Waals surface area contributed by atoms with E-state index in [-0.39, 0.29) is 18.0 Å². The molecule has 1 amide bonds. The Morgan fingerprint density at radius 3 is 2.85 bits per heavy atom. The normalized spacial score (nSPS) is 11.0. The number of amides is 1. The van der Waals surface area contributed by atoms with Gasteiger partial charge in [0.25, 0.3) is 11.5 Å². The molecule has 0 spiro atoms. The topological polar surface area (TPSA) is 76.4 Å². The number of nitrogens with zero attached hydrogens (tertiary/aromatic N) is 3. The average molecular weight is 403 g/mol. The van der Waals surface area contributed by atoms with E-state index in [9.17, 15) is 9.59 Å². The fourth-order valence-corrected chi connectivity index (χ4v) is 4.24. The van der Waals surface area contributed by atoms with Crippen LogP contribution in [0.4, 0.5) is 0 Å². The summed E-state index contributed by atoms with van der Waals surface area (Å²) in [6, 6.07) is 12.2. The Hall–Kier alpha value is -2.55. The molecule has 0 radical (unpaired) electrons. The molecule has 3 aromatic heterocycles. The van der Waals surface area contributed by atoms with Crippen LogP contribution in [0.1, 0.15) is 15.4 Å². The van der Waals surface area contributed by atoms with Crippen molar-refractivity contribution in [3.63, 3.8) is 0 Å². The van der Waals surface area contributed by atoms with Gasteiger partial charge in [0.1, 0.15) is 5.01 Å². The van der Waals surface area contributed by atoms with E-state index in [1.54, 1.807) is 12.1 Å². The summed E-state index contributed by atoms with van der Waals surface area (Å²) in [6.45, 7) is 0.168. The van der Waals surface area contributed by atoms with E-state index in [2.05, 4.69) is 15.4 Å². The van der Waals surface area contributed by atoms with E-state index >= 15 is 0 Å². The summed E-state index contributed by atoms with van der Waals surface area (Å²) < 4.78 is 1.24. The second-order valence-corrected chi connectivity index (χ2v) is 7.64. The molecule has 0 fully saturated rings. The van der Waals surface area contributed by atoms with Crippen LogP contribution >= 0.6 is 34.3 Å². The molecule has 0 atom stereocenters. The van der Waals surface area contributed by atoms with Gasteiger partial charge in [0.2, 0.25) is 4.96 Å². The highest BCUT2D eigenvalue weighted by atomic mass is 35.5. The molecule has 1 N–H and O–H groups in total. The van der Waals surface area contributed by atoms with Crippen LogP contribution in [-0.2, 0) is 6.54 Å². The summed E-state index contributed by atoms with van der Waals surface area (Å²) in [4.78, 5) is 29.8. The minimum absolute atomic E-state index is 0.168. The van der Waals surface area contributed by atoms with Gasteiger partial charge in [0.15, 0.2) is 0 Å². The molecule has 0 unspecified atom stereocenters. The lowest BCUT2D eigenvalue weighted by Gasteiger charge is -2.02. The van der Waals surface area contributed by atoms with Gasteiger partial charge in [-0.2, -0.15) is 9.61 Å². The summed E-state index contributed by atoms with van der Waals surface area (Å²) in [5.74, 6) is -0.192. The van der Waals surface area contributed by atoms with Crippen molar-refractivity contribution < 1.29 is 4.79 Å². The largest absolute Gasteiger partial charge is 0.346 e. The van der Waals surface area contributed by atoms with Crippen molar-refractivity contribution in [1.29, 1.82) is 0 Å². The Morgan fingerprint density at radius 1 is 1.23 bits per heavy atom. The lowest BCUT2D eigenvalue weighted by atomic mass is 10.2. The molecule has 4 rings (SSSR count). The molecular weight excluding hydrogens is 392 g/mol. The van der Waals surface area contributed by atoms with Crippen LogP contribution in [-0.4, -0.2) is 20.5 Å². The molecule has 6 nitrogen and oxygen atoms in total. The van der Waals surface area contributed by atoms with Crippen molar-refractivity contribution >= 4 is 45.1 Å². The number of rotatable bonds is 4. The SMILES string of the molecule is O=C(NCc1cc(=O)n2nc(-c3ccccc3Cl)sc2n1)c1cccs1. The number of hydrogen-bond donors (Lipinski definition) is 1. The quantitative estimate of drug-likeness (QED) is 0.567. The van der Waals surface area contributed by atoms with Gasteiger partial charge in [-0.25, -0.2) is 4.98 Å². The number of thiophene rings is 1. The van der Waals surface area contributed by atoms with Gasteiger partial charge in [0.05, 0.1) is 22.1 Å². The predicted octanol–water partition coefficient (Wildman–Crippen LogP) is 3.46. The third-order valence-corrected chi connectivity index (χ3v) is 5.72. The lowest BCUT2D eigenvalue weighted by Crippen LogP contribution is -2.24. The van der Waals surface area contributed by atoms with Gasteiger partial charge in [-0.15, -0.1) is 11.3 Å². The summed E-state index contributed by atoms with van der Waals surface area (Å²) in [5.41, 5.74) is 0.927. The third kappa shape index (κ3) is 3.26. The molecule has 130 valence electrons. The Balaban J connectivity index is 1.63. The third-order valence-electron chi connectivity index (χ3n) is 3.58. The number of carbonyl (C=O) groups is 1. The minimum atomic E-state index is -0.301. The van der Waals surface area contributed by atoms with Gasteiger partial charge in [-0.1, -0.05) is 47.2 Å². The summed E-state index contributed by atoms with van der Waals surface area (Å²) in [6.07, 6.45) is 0. The highest BCUT2D eigenvalue weighted by molar-refractivity contribution is 7.19. The monoisotopic (exact) mass is 402 g/mol. The van der Waals surface area contributed by atoms with Crippen LogP contribution in [0.15, 0.2) is 52.6 Å². The summed E-state index contributed by atoms with van der Waals surface area (Å²) >= 11 is 8.83. The Kier molecular flexibility index (Phi) is 4.54. The minimum Gasteiger partial charge on any atom is -0.346 e. The smallest absolute Gasteiger partial charge is 0.275 e. The lowest BCUT2D eigenvalue weighted by molar-refractivity contribution is 0.0954. The van der Waals surface area contributed by atoms with Crippen LogP contribution in [0, 0.1) is 0 Å². The number of hydrogen-bond acceptors (Lipinski definition) is 6. The Labute approximate surface area is 160 Å². The van der Waals surface area contributed by atoms with Gasteiger partial charge in [-0.05, 0) is 17.5 Å². The Bertz CT molecular complexity index is 1150. The molecule has 0 aliphatic carbocycles. The second-order valence-electron chi connectivity index (χ2n) is 5.33. The number of aromatic nitrogens is 3. The van der Waals surface area contributed by atoms with E-state index in [1.807, 2.05) is 29.6 Å². The zero-order valence-corrected chi connectivity index (χ0v) is 15.6. The maximum atomic E-state index is 12.3. The van der Waals surface area contributed by atoms with E-state index in [4.69, 9.17) is 11.6 Å². The van der Waals surface area contributed by atoms with Gasteiger partial charge in [0, 0.05) is 11.6 Å². The zero-order chi connectivity index (χ0) is 18.1. The van der Waals surface area contributed by atoms with Gasteiger partial charge < -0.3 is 5.32 Å². The van der Waals surface area contributed by atoms with E-state index in [1.165, 1.54) is 33.3 Å². The summed E-state index contributed by atoms with van der Waals surface area (Å²) in [7, 11) is 0. The second kappa shape index (κ2) is 6.99. The standard InChI is InChI=1S/C17H11ClN4O2S2/c18-12-5-2-1-4-11(12)16-21-22-14(23)8-10(20-17(22)26-16)9-19-15(24)13-6-3-7-25-13/h1-8H,9H2,(H,19,24). The van der Waals surface area contributed by atoms with E-state index in [0.717, 1.165) is 5.56 Å². The average Bonchev–Trinajstić information content (AvgIpc) is 3.30. The molecule has 0 aliphatic heterocycles. The number of halogens is 1. The molecule has 0 saturated carbocycles. The molecule has 0 aliphatic rings. The number of nitrogens with one attached hydrogen (secondary N) is 1. The molecule has 9 heteroatoms. The van der Waals surface area contributed by atoms with Crippen LogP contribution in [0.5, 0.6) is 0 Å². The number of fused-ring (bicyclic) bond motifs is 1. The number of benzene rings is 1. The predicted molar refractivity (Wildman–Crippen MR) is 103 cm³/mol. The molecule has 26 heavy (non-hydrogen) atoms. The highest BCUT2D eigenvalue weighted by Gasteiger charge is 2.13. The fourth-order valence-electron chi connectivity index (χ4n) is 2.36. The number of carbonyl (C=O) groups excluding carboxylic acids is 1. The van der Waals surface area contributed by atoms with Crippen molar-refractivity contribution in [2.45, 2.75) is 6.54 Å². The van der Waals surface area contributed by atoms with E-state index in [0.29, 0.717) is 25.6 Å². The van der Waals surface area contributed by atoms with Crippen molar-refractivity contribution in [3.8, 4) is 10.6 Å². The zero-order valence-electron chi connectivity index (χ0n) is 13.2. The van der Waals surface area contributed by atoms with Gasteiger partial charge in [-0.3, -0.25) is 9.59 Å². The first-order valence-corrected chi connectivity index (χ1v) is 9.65. The maximum absolute atomic E-state index is 12.3. The van der Waals surface area contributed by atoms with Crippen molar-refractivity contribution in [2.24, 2.45) is 0 Å². The maximum Gasteiger partial charge on any atom is 0.275 e. The molecular formula is C17H11ClN4O2S2. The molecule has 1 aromatic carbocycles. The van der Waals surface area contributed by atoms with Crippen LogP contribution < -0.4 is 10.9 Å². The first-order chi connectivity index (χ1) is 12.6. The molecule has 0 saturated heterocycles. The van der Waals surface area contributed by atoms with Crippen molar-refractivity contribution in [3.05, 3.63) is 73.8 Å². The molecule has 3 heterocycles. The molecule has 0 bridgehead atoms. The fraction of sp³-hybridized carbons (Fsp3) is 0.0588. The van der Waals surface area contributed by atoms with Crippen LogP contribution in [0.2, 0.25) is 5.02 Å². The summed E-state index contributed by atoms with van der Waals surface area (Å²) in [5, 5.41) is 10.1. The van der Waals surface area contributed by atoms with Crippen molar-refractivity contribution in [2.75, 3.05) is 0 Å². The molecule has 4 aromatic rings. The highest BCUT2D eigenvalue weighted by Crippen LogP contribution is 2.30. The van der Waals surface area contributed by atoms with Crippen molar-refractivity contribution in [1.82, 2.24) is 19.9 Å². The van der Waals surface area contributed by atoms with Gasteiger partial charge >= 0.3 is 0 Å². The Morgan fingerprint density at radius 2 is 2.08 bits per heavy atom. The van der Waals surface area contributed by atoms with E-state index < -0.39 is 0 Å². The first-order valence-electron chi connectivity index (χ1n) is 7.58. The first kappa shape index (κ1) is 16.9.